The third kappa shape index (κ3) is 6.36. The van der Waals surface area contributed by atoms with Crippen LogP contribution < -0.4 is 4.74 Å². The second-order valence-corrected chi connectivity index (χ2v) is 10.8. The zero-order valence-corrected chi connectivity index (χ0v) is 21.3. The molecule has 0 spiro atoms. The first-order valence-corrected chi connectivity index (χ1v) is 13.2. The lowest BCUT2D eigenvalue weighted by Gasteiger charge is -2.37. The Kier molecular flexibility index (Phi) is 9.09. The zero-order chi connectivity index (χ0) is 24.7. The molecule has 0 saturated heterocycles. The van der Waals surface area contributed by atoms with Gasteiger partial charge < -0.3 is 9.84 Å². The number of fused-ring (bicyclic) bond motifs is 1. The maximum Gasteiger partial charge on any atom is 0.247 e. The van der Waals surface area contributed by atoms with E-state index >= 15 is 0 Å². The minimum atomic E-state index is -3.85. The van der Waals surface area contributed by atoms with Crippen molar-refractivity contribution < 1.29 is 18.3 Å². The van der Waals surface area contributed by atoms with Crippen LogP contribution in [-0.4, -0.2) is 66.6 Å². The van der Waals surface area contributed by atoms with Crippen LogP contribution in [0.1, 0.15) is 44.9 Å². The van der Waals surface area contributed by atoms with Crippen molar-refractivity contribution >= 4 is 10.0 Å². The lowest BCUT2D eigenvalue weighted by molar-refractivity contribution is 0.0730. The monoisotopic (exact) mass is 485 g/mol. The largest absolute Gasteiger partial charge is 0.487 e. The molecule has 1 aliphatic heterocycles. The van der Waals surface area contributed by atoms with Crippen LogP contribution in [0.25, 0.3) is 0 Å². The molecule has 3 atom stereocenters. The van der Waals surface area contributed by atoms with Gasteiger partial charge in [0.05, 0.1) is 12.3 Å². The molecule has 34 heavy (non-hydrogen) atoms. The van der Waals surface area contributed by atoms with Gasteiger partial charge in [-0.3, -0.25) is 9.88 Å². The summed E-state index contributed by atoms with van der Waals surface area (Å²) >= 11 is 0. The zero-order valence-electron chi connectivity index (χ0n) is 20.4. The third-order valence-electron chi connectivity index (χ3n) is 5.92. The number of unbranched alkanes of at least 4 members (excludes halogenated alkanes) is 1. The molecule has 0 saturated carbocycles. The van der Waals surface area contributed by atoms with Gasteiger partial charge in [-0.15, -0.1) is 0 Å². The van der Waals surface area contributed by atoms with Crippen molar-refractivity contribution in [1.82, 2.24) is 14.2 Å². The average Bonchev–Trinajstić information content (AvgIpc) is 2.81. The highest BCUT2D eigenvalue weighted by molar-refractivity contribution is 7.89. The fourth-order valence-corrected chi connectivity index (χ4v) is 5.78. The van der Waals surface area contributed by atoms with Gasteiger partial charge >= 0.3 is 0 Å². The van der Waals surface area contributed by atoms with Crippen molar-refractivity contribution in [3.8, 4) is 17.6 Å². The Labute approximate surface area is 203 Å². The predicted octanol–water partition coefficient (Wildman–Crippen LogP) is 3.13. The Morgan fingerprint density at radius 2 is 2.12 bits per heavy atom. The number of pyridine rings is 1. The number of likely N-dealkylation sites (N-methyl/N-ethyl adjacent to an activating group) is 1. The highest BCUT2D eigenvalue weighted by Gasteiger charge is 2.38. The Morgan fingerprint density at radius 3 is 2.79 bits per heavy atom. The summed E-state index contributed by atoms with van der Waals surface area (Å²) in [6.45, 7) is 7.01. The lowest BCUT2D eigenvalue weighted by Crippen LogP contribution is -2.49. The van der Waals surface area contributed by atoms with Gasteiger partial charge in [-0.1, -0.05) is 31.8 Å². The van der Waals surface area contributed by atoms with Gasteiger partial charge in [0.1, 0.15) is 16.7 Å². The van der Waals surface area contributed by atoms with E-state index in [1.165, 1.54) is 4.31 Å². The molecule has 0 unspecified atom stereocenters. The number of aromatic nitrogens is 1. The van der Waals surface area contributed by atoms with E-state index in [2.05, 4.69) is 28.6 Å². The minimum Gasteiger partial charge on any atom is -0.487 e. The summed E-state index contributed by atoms with van der Waals surface area (Å²) < 4.78 is 34.9. The van der Waals surface area contributed by atoms with E-state index < -0.39 is 16.1 Å². The molecule has 3 rings (SSSR count). The first kappa shape index (κ1) is 26.2. The first-order chi connectivity index (χ1) is 16.3. The van der Waals surface area contributed by atoms with E-state index in [1.54, 1.807) is 31.3 Å². The summed E-state index contributed by atoms with van der Waals surface area (Å²) in [7, 11) is -1.85. The molecule has 7 nitrogen and oxygen atoms in total. The standard InChI is InChI=1S/C26H35N3O4S/c1-5-6-7-10-22-12-13-26-24(15-22)33-25(18-28(4)17-23-11-8-9-14-27-23)20(2)16-29(21(3)19-30)34(26,31)32/h8-9,11-15,20-21,25,30H,5-6,16-19H2,1-4H3/t20-,21+,25+/m1/s1. The molecule has 0 radical (unpaired) electrons. The smallest absolute Gasteiger partial charge is 0.247 e. The molecule has 1 N–H and O–H groups in total. The van der Waals surface area contributed by atoms with Crippen molar-refractivity contribution in [2.24, 2.45) is 5.92 Å². The number of hydrogen-bond acceptors (Lipinski definition) is 6. The molecule has 0 bridgehead atoms. The third-order valence-corrected chi connectivity index (χ3v) is 7.94. The summed E-state index contributed by atoms with van der Waals surface area (Å²) in [5, 5.41) is 9.78. The number of hydrogen-bond donors (Lipinski definition) is 1. The predicted molar refractivity (Wildman–Crippen MR) is 133 cm³/mol. The fraction of sp³-hybridized carbons (Fsp3) is 0.500. The molecule has 2 aromatic rings. The van der Waals surface area contributed by atoms with Crippen LogP contribution in [0.15, 0.2) is 47.5 Å². The van der Waals surface area contributed by atoms with Gasteiger partial charge in [-0.05, 0) is 50.7 Å². The van der Waals surface area contributed by atoms with Crippen LogP contribution in [0, 0.1) is 17.8 Å². The van der Waals surface area contributed by atoms with Gasteiger partial charge in [0.15, 0.2) is 0 Å². The Morgan fingerprint density at radius 1 is 1.32 bits per heavy atom. The molecule has 1 aliphatic rings. The molecule has 0 amide bonds. The lowest BCUT2D eigenvalue weighted by atomic mass is 10.0. The summed E-state index contributed by atoms with van der Waals surface area (Å²) in [6.07, 6.45) is 3.24. The Hall–Kier alpha value is -2.44. The van der Waals surface area contributed by atoms with E-state index in [9.17, 15) is 13.5 Å². The summed E-state index contributed by atoms with van der Waals surface area (Å²) in [5.41, 5.74) is 1.67. The molecule has 2 heterocycles. The molecular formula is C26H35N3O4S. The first-order valence-electron chi connectivity index (χ1n) is 11.8. The maximum atomic E-state index is 13.5. The minimum absolute atomic E-state index is 0.109. The number of nitrogens with zero attached hydrogens (tertiary/aromatic N) is 3. The normalized spacial score (nSPS) is 20.9. The number of aliphatic hydroxyl groups is 1. The second-order valence-electron chi connectivity index (χ2n) is 8.97. The van der Waals surface area contributed by atoms with Gasteiger partial charge in [-0.2, -0.15) is 4.31 Å². The summed E-state index contributed by atoms with van der Waals surface area (Å²) in [6, 6.07) is 10.3. The molecule has 0 aliphatic carbocycles. The van der Waals surface area contributed by atoms with Crippen LogP contribution in [0.3, 0.4) is 0 Å². The van der Waals surface area contributed by atoms with Crippen LogP contribution in [0.5, 0.6) is 5.75 Å². The number of ether oxygens (including phenoxy) is 1. The van der Waals surface area contributed by atoms with Gasteiger partial charge in [0.2, 0.25) is 10.0 Å². The number of benzene rings is 1. The number of sulfonamides is 1. The van der Waals surface area contributed by atoms with Gasteiger partial charge in [0, 0.05) is 49.8 Å². The summed E-state index contributed by atoms with van der Waals surface area (Å²) in [5.74, 6) is 6.41. The summed E-state index contributed by atoms with van der Waals surface area (Å²) in [4.78, 5) is 6.64. The molecule has 0 fully saturated rings. The van der Waals surface area contributed by atoms with E-state index in [-0.39, 0.29) is 30.1 Å². The molecular weight excluding hydrogens is 450 g/mol. The van der Waals surface area contributed by atoms with Crippen molar-refractivity contribution in [2.75, 3.05) is 26.7 Å². The molecule has 184 valence electrons. The van der Waals surface area contributed by atoms with Crippen LogP contribution in [0.2, 0.25) is 0 Å². The SMILES string of the molecule is CCCC#Cc1ccc2c(c1)O[C@@H](CN(C)Cc1ccccn1)[C@H](C)CN([C@@H](C)CO)S2(=O)=O. The fourth-order valence-electron chi connectivity index (χ4n) is 3.95. The maximum absolute atomic E-state index is 13.5. The highest BCUT2D eigenvalue weighted by Crippen LogP contribution is 2.34. The van der Waals surface area contributed by atoms with Gasteiger partial charge in [0.25, 0.3) is 0 Å². The van der Waals surface area contributed by atoms with Crippen molar-refractivity contribution in [3.63, 3.8) is 0 Å². The van der Waals surface area contributed by atoms with Crippen molar-refractivity contribution in [1.29, 1.82) is 0 Å². The van der Waals surface area contributed by atoms with Gasteiger partial charge in [-0.25, -0.2) is 8.42 Å². The highest BCUT2D eigenvalue weighted by atomic mass is 32.2. The van der Waals surface area contributed by atoms with E-state index in [4.69, 9.17) is 4.74 Å². The second kappa shape index (κ2) is 11.8. The number of rotatable bonds is 7. The van der Waals surface area contributed by atoms with Crippen LogP contribution in [0.4, 0.5) is 0 Å². The molecule has 1 aromatic carbocycles. The molecule has 8 heteroatoms. The topological polar surface area (TPSA) is 83.0 Å². The Bertz CT molecular complexity index is 1110. The van der Waals surface area contributed by atoms with Crippen LogP contribution in [-0.2, 0) is 16.6 Å². The van der Waals surface area contributed by atoms with E-state index in [1.807, 2.05) is 32.2 Å². The average molecular weight is 486 g/mol. The van der Waals surface area contributed by atoms with E-state index in [0.29, 0.717) is 18.8 Å². The van der Waals surface area contributed by atoms with Crippen molar-refractivity contribution in [3.05, 3.63) is 53.9 Å². The quantitative estimate of drug-likeness (QED) is 0.607. The van der Waals surface area contributed by atoms with E-state index in [0.717, 1.165) is 24.1 Å². The van der Waals surface area contributed by atoms with Crippen LogP contribution >= 0.6 is 0 Å². The molecule has 1 aromatic heterocycles. The number of aliphatic hydroxyl groups excluding tert-OH is 1. The Balaban J connectivity index is 1.97. The van der Waals surface area contributed by atoms with Crippen molar-refractivity contribution in [2.45, 2.75) is 57.2 Å².